The van der Waals surface area contributed by atoms with Gasteiger partial charge in [0.1, 0.15) is 0 Å². The molecule has 0 spiro atoms. The summed E-state index contributed by atoms with van der Waals surface area (Å²) in [5.41, 5.74) is -0.00648. The van der Waals surface area contributed by atoms with Crippen LogP contribution in [0.1, 0.15) is 32.6 Å². The Morgan fingerprint density at radius 2 is 1.70 bits per heavy atom. The lowest BCUT2D eigenvalue weighted by molar-refractivity contribution is -0.157. The fourth-order valence-corrected chi connectivity index (χ4v) is 1.08. The second-order valence-corrected chi connectivity index (χ2v) is 3.99. The van der Waals surface area contributed by atoms with Gasteiger partial charge in [0.15, 0.2) is 0 Å². The number of hydrogen-bond donors (Lipinski definition) is 2. The van der Waals surface area contributed by atoms with Crippen molar-refractivity contribution in [3.05, 3.63) is 23.8 Å². The van der Waals surface area contributed by atoms with Gasteiger partial charge in [-0.2, -0.15) is 0 Å². The van der Waals surface area contributed by atoms with Crippen molar-refractivity contribution in [2.24, 2.45) is 0 Å². The summed E-state index contributed by atoms with van der Waals surface area (Å²) in [5.74, 6) is -3.95. The highest BCUT2D eigenvalue weighted by Crippen LogP contribution is 2.07. The number of allylic oxidation sites excluding steroid dienone is 1. The quantitative estimate of drug-likeness (QED) is 0.391. The van der Waals surface area contributed by atoms with Gasteiger partial charge in [0.25, 0.3) is 0 Å². The molecule has 0 saturated heterocycles. The topological polar surface area (TPSA) is 118 Å². The normalized spacial score (nSPS) is 10.8. The van der Waals surface area contributed by atoms with Crippen LogP contribution in [0.4, 0.5) is 0 Å². The number of rotatable bonds is 8. The van der Waals surface area contributed by atoms with E-state index in [2.05, 4.69) is 11.3 Å². The maximum absolute atomic E-state index is 11.3. The zero-order valence-corrected chi connectivity index (χ0v) is 11.0. The van der Waals surface area contributed by atoms with Crippen LogP contribution in [0, 0.1) is 0 Å². The van der Waals surface area contributed by atoms with E-state index in [1.165, 1.54) is 13.0 Å². The summed E-state index contributed by atoms with van der Waals surface area (Å²) >= 11 is 0. The molecule has 2 N–H and O–H groups in total. The van der Waals surface area contributed by atoms with E-state index in [1.54, 1.807) is 0 Å². The molecule has 0 aliphatic heterocycles. The zero-order valence-electron chi connectivity index (χ0n) is 11.0. The van der Waals surface area contributed by atoms with Gasteiger partial charge in [-0.3, -0.25) is 9.59 Å². The summed E-state index contributed by atoms with van der Waals surface area (Å²) in [4.78, 5) is 43.4. The van der Waals surface area contributed by atoms with Gasteiger partial charge >= 0.3 is 23.9 Å². The molecule has 0 aliphatic rings. The van der Waals surface area contributed by atoms with E-state index >= 15 is 0 Å². The standard InChI is InChI=1S/C13H16O7/c1-8(12(17)18)4-3-5-11(16)20-13(19)9(2)6-7-10(14)15/h4H,2-3,5-7H2,1H3,(H,14,15)(H,17,18). The number of carboxylic acids is 2. The van der Waals surface area contributed by atoms with Crippen LogP contribution in [0.3, 0.4) is 0 Å². The Morgan fingerprint density at radius 3 is 2.20 bits per heavy atom. The van der Waals surface area contributed by atoms with Crippen LogP contribution in [-0.4, -0.2) is 34.1 Å². The highest BCUT2D eigenvalue weighted by Gasteiger charge is 2.14. The molecule has 0 aliphatic carbocycles. The molecule has 7 nitrogen and oxygen atoms in total. The monoisotopic (exact) mass is 284 g/mol. The third-order valence-corrected chi connectivity index (χ3v) is 2.27. The van der Waals surface area contributed by atoms with Crippen molar-refractivity contribution in [1.29, 1.82) is 0 Å². The molecule has 110 valence electrons. The van der Waals surface area contributed by atoms with Crippen LogP contribution in [0.5, 0.6) is 0 Å². The number of carbonyl (C=O) groups excluding carboxylic acids is 2. The lowest BCUT2D eigenvalue weighted by atomic mass is 10.1. The van der Waals surface area contributed by atoms with Gasteiger partial charge in [-0.25, -0.2) is 9.59 Å². The Bertz CT molecular complexity index is 459. The van der Waals surface area contributed by atoms with Gasteiger partial charge in [0.05, 0.1) is 0 Å². The molecule has 0 amide bonds. The van der Waals surface area contributed by atoms with Crippen LogP contribution in [-0.2, 0) is 23.9 Å². The lowest BCUT2D eigenvalue weighted by Gasteiger charge is -2.03. The van der Waals surface area contributed by atoms with Crippen molar-refractivity contribution in [2.45, 2.75) is 32.6 Å². The first kappa shape index (κ1) is 17.6. The number of carboxylic acid groups (broad SMARTS) is 2. The fourth-order valence-electron chi connectivity index (χ4n) is 1.08. The second kappa shape index (κ2) is 8.63. The van der Waals surface area contributed by atoms with E-state index < -0.39 is 23.9 Å². The molecule has 7 heteroatoms. The van der Waals surface area contributed by atoms with Crippen LogP contribution in [0.2, 0.25) is 0 Å². The van der Waals surface area contributed by atoms with Crippen LogP contribution in [0.25, 0.3) is 0 Å². The van der Waals surface area contributed by atoms with Crippen molar-refractivity contribution in [3.8, 4) is 0 Å². The van der Waals surface area contributed by atoms with Crippen LogP contribution >= 0.6 is 0 Å². The lowest BCUT2D eigenvalue weighted by Crippen LogP contribution is -2.14. The van der Waals surface area contributed by atoms with Gasteiger partial charge in [0, 0.05) is 24.0 Å². The van der Waals surface area contributed by atoms with Gasteiger partial charge in [-0.1, -0.05) is 12.7 Å². The molecule has 0 saturated carbocycles. The molecule has 0 atom stereocenters. The van der Waals surface area contributed by atoms with Gasteiger partial charge in [-0.05, 0) is 19.8 Å². The van der Waals surface area contributed by atoms with E-state index in [1.807, 2.05) is 0 Å². The Labute approximate surface area is 115 Å². The maximum atomic E-state index is 11.3. The summed E-state index contributed by atoms with van der Waals surface area (Å²) in [6, 6.07) is 0. The molecule has 20 heavy (non-hydrogen) atoms. The van der Waals surface area contributed by atoms with Gasteiger partial charge in [-0.15, -0.1) is 0 Å². The minimum Gasteiger partial charge on any atom is -0.481 e. The molecule has 0 unspecified atom stereocenters. The number of hydrogen-bond acceptors (Lipinski definition) is 5. The van der Waals surface area contributed by atoms with Crippen LogP contribution < -0.4 is 0 Å². The summed E-state index contributed by atoms with van der Waals surface area (Å²) < 4.78 is 4.44. The van der Waals surface area contributed by atoms with Crippen molar-refractivity contribution in [3.63, 3.8) is 0 Å². The van der Waals surface area contributed by atoms with E-state index in [0.717, 1.165) is 0 Å². The molecule has 0 bridgehead atoms. The molecule has 0 aromatic heterocycles. The van der Waals surface area contributed by atoms with Gasteiger partial charge < -0.3 is 14.9 Å². The summed E-state index contributed by atoms with van der Waals surface area (Å²) in [5, 5.41) is 17.0. The predicted octanol–water partition coefficient (Wildman–Crippen LogP) is 1.29. The number of aliphatic carboxylic acids is 2. The highest BCUT2D eigenvalue weighted by atomic mass is 16.6. The molecule has 0 heterocycles. The molecular weight excluding hydrogens is 268 g/mol. The third kappa shape index (κ3) is 7.80. The average Bonchev–Trinajstić information content (AvgIpc) is 2.35. The van der Waals surface area contributed by atoms with E-state index in [4.69, 9.17) is 10.2 Å². The molecule has 0 fully saturated rings. The Hall–Kier alpha value is -2.44. The smallest absolute Gasteiger partial charge is 0.341 e. The molecule has 0 radical (unpaired) electrons. The van der Waals surface area contributed by atoms with E-state index in [0.29, 0.717) is 0 Å². The fraction of sp³-hybridized carbons (Fsp3) is 0.385. The first-order valence-electron chi connectivity index (χ1n) is 5.78. The Morgan fingerprint density at radius 1 is 1.10 bits per heavy atom. The predicted molar refractivity (Wildman–Crippen MR) is 67.7 cm³/mol. The summed E-state index contributed by atoms with van der Waals surface area (Å²) in [6.45, 7) is 4.71. The molecule has 0 aromatic carbocycles. The maximum Gasteiger partial charge on any atom is 0.341 e. The minimum atomic E-state index is -1.09. The number of esters is 2. The van der Waals surface area contributed by atoms with E-state index in [9.17, 15) is 19.2 Å². The van der Waals surface area contributed by atoms with Crippen molar-refractivity contribution in [1.82, 2.24) is 0 Å². The highest BCUT2D eigenvalue weighted by molar-refractivity contribution is 5.96. The largest absolute Gasteiger partial charge is 0.481 e. The van der Waals surface area contributed by atoms with Crippen LogP contribution in [0.15, 0.2) is 23.8 Å². The second-order valence-electron chi connectivity index (χ2n) is 3.99. The first-order valence-corrected chi connectivity index (χ1v) is 5.78. The Balaban J connectivity index is 4.11. The van der Waals surface area contributed by atoms with Crippen molar-refractivity contribution >= 4 is 23.9 Å². The molecule has 0 rings (SSSR count). The number of ether oxygens (including phenoxy) is 1. The third-order valence-electron chi connectivity index (χ3n) is 2.27. The number of carbonyl (C=O) groups is 4. The first-order chi connectivity index (χ1) is 9.23. The summed E-state index contributed by atoms with van der Waals surface area (Å²) in [6.07, 6.45) is 0.948. The zero-order chi connectivity index (χ0) is 15.7. The molecule has 0 aromatic rings. The minimum absolute atomic E-state index is 0.0926. The van der Waals surface area contributed by atoms with Crippen molar-refractivity contribution in [2.75, 3.05) is 0 Å². The van der Waals surface area contributed by atoms with Crippen molar-refractivity contribution < 1.29 is 34.1 Å². The summed E-state index contributed by atoms with van der Waals surface area (Å²) in [7, 11) is 0. The average molecular weight is 284 g/mol. The van der Waals surface area contributed by atoms with E-state index in [-0.39, 0.29) is 36.8 Å². The Kier molecular flexibility index (Phi) is 7.57. The SMILES string of the molecule is C=C(CCC(=O)O)C(=O)OC(=O)CCC=C(C)C(=O)O. The van der Waals surface area contributed by atoms with Gasteiger partial charge in [0.2, 0.25) is 0 Å². The molecular formula is C13H16O7.